The Morgan fingerprint density at radius 2 is 2.09 bits per heavy atom. The molecule has 0 unspecified atom stereocenters. The highest BCUT2D eigenvalue weighted by atomic mass is 32.2. The molecule has 0 aliphatic carbocycles. The van der Waals surface area contributed by atoms with E-state index in [4.69, 9.17) is 14.6 Å². The molecule has 0 saturated carbocycles. The van der Waals surface area contributed by atoms with Crippen molar-refractivity contribution in [1.82, 2.24) is 4.98 Å². The lowest BCUT2D eigenvalue weighted by Gasteiger charge is -2.07. The van der Waals surface area contributed by atoms with Crippen molar-refractivity contribution in [2.45, 2.75) is 4.90 Å². The molecule has 3 N–H and O–H groups in total. The van der Waals surface area contributed by atoms with Gasteiger partial charge in [0.2, 0.25) is 16.8 Å². The SMILES string of the molecule is NS(=O)(=O)c1cccc(NC(=O)c2cnc3c(c2)OCO3)c1. The van der Waals surface area contributed by atoms with Crippen LogP contribution in [0.1, 0.15) is 10.4 Å². The van der Waals surface area contributed by atoms with E-state index in [1.807, 2.05) is 0 Å². The minimum Gasteiger partial charge on any atom is -0.452 e. The van der Waals surface area contributed by atoms with Gasteiger partial charge in [-0.2, -0.15) is 0 Å². The number of nitrogens with two attached hydrogens (primary N) is 1. The first-order valence-electron chi connectivity index (χ1n) is 6.13. The Balaban J connectivity index is 1.83. The molecule has 2 heterocycles. The van der Waals surface area contributed by atoms with Crippen LogP contribution in [0.25, 0.3) is 0 Å². The number of anilines is 1. The molecular weight excluding hydrogens is 310 g/mol. The Labute approximate surface area is 125 Å². The Hall–Kier alpha value is -2.65. The molecule has 0 radical (unpaired) electrons. The van der Waals surface area contributed by atoms with Gasteiger partial charge in [-0.25, -0.2) is 18.5 Å². The van der Waals surface area contributed by atoms with Gasteiger partial charge in [-0.3, -0.25) is 4.79 Å². The zero-order valence-electron chi connectivity index (χ0n) is 11.1. The van der Waals surface area contributed by atoms with Crippen molar-refractivity contribution in [3.8, 4) is 11.6 Å². The smallest absolute Gasteiger partial charge is 0.260 e. The van der Waals surface area contributed by atoms with Crippen LogP contribution < -0.4 is 19.9 Å². The lowest BCUT2D eigenvalue weighted by molar-refractivity contribution is 0.102. The van der Waals surface area contributed by atoms with Crippen molar-refractivity contribution in [2.75, 3.05) is 12.1 Å². The predicted molar refractivity (Wildman–Crippen MR) is 76.1 cm³/mol. The van der Waals surface area contributed by atoms with Crippen LogP contribution in [-0.4, -0.2) is 26.1 Å². The number of aromatic nitrogens is 1. The maximum Gasteiger partial charge on any atom is 0.260 e. The molecule has 1 aliphatic heterocycles. The van der Waals surface area contributed by atoms with Crippen LogP contribution in [0, 0.1) is 0 Å². The Morgan fingerprint density at radius 3 is 2.86 bits per heavy atom. The molecule has 1 aliphatic rings. The van der Waals surface area contributed by atoms with Gasteiger partial charge in [-0.15, -0.1) is 0 Å². The van der Waals surface area contributed by atoms with Gasteiger partial charge in [0.05, 0.1) is 10.5 Å². The third kappa shape index (κ3) is 2.85. The fraction of sp³-hybridized carbons (Fsp3) is 0.0769. The highest BCUT2D eigenvalue weighted by Gasteiger charge is 2.18. The average Bonchev–Trinajstić information content (AvgIpc) is 2.94. The summed E-state index contributed by atoms with van der Waals surface area (Å²) in [6, 6.07) is 7.13. The van der Waals surface area contributed by atoms with Crippen LogP contribution in [0.2, 0.25) is 0 Å². The zero-order chi connectivity index (χ0) is 15.7. The van der Waals surface area contributed by atoms with Crippen LogP contribution in [0.3, 0.4) is 0 Å². The van der Waals surface area contributed by atoms with Gasteiger partial charge < -0.3 is 14.8 Å². The molecule has 8 nitrogen and oxygen atoms in total. The molecule has 1 aromatic carbocycles. The van der Waals surface area contributed by atoms with Crippen molar-refractivity contribution in [3.05, 3.63) is 42.1 Å². The van der Waals surface area contributed by atoms with E-state index < -0.39 is 15.9 Å². The van der Waals surface area contributed by atoms with Gasteiger partial charge in [0.25, 0.3) is 11.8 Å². The van der Waals surface area contributed by atoms with Gasteiger partial charge in [0.1, 0.15) is 0 Å². The summed E-state index contributed by atoms with van der Waals surface area (Å²) >= 11 is 0. The Morgan fingerprint density at radius 1 is 1.27 bits per heavy atom. The lowest BCUT2D eigenvalue weighted by atomic mass is 10.2. The second kappa shape index (κ2) is 5.28. The van der Waals surface area contributed by atoms with E-state index >= 15 is 0 Å². The maximum atomic E-state index is 12.1. The quantitative estimate of drug-likeness (QED) is 0.859. The first kappa shape index (κ1) is 14.3. The van der Waals surface area contributed by atoms with Gasteiger partial charge in [0, 0.05) is 18.0 Å². The Kier molecular flexibility index (Phi) is 3.43. The van der Waals surface area contributed by atoms with E-state index in [0.29, 0.717) is 17.3 Å². The standard InChI is InChI=1S/C13H11N3O5S/c14-22(18,19)10-3-1-2-9(5-10)16-12(17)8-4-11-13(15-6-8)21-7-20-11/h1-6H,7H2,(H,16,17)(H2,14,18,19). The molecule has 0 saturated heterocycles. The third-order valence-electron chi connectivity index (χ3n) is 2.91. The summed E-state index contributed by atoms with van der Waals surface area (Å²) in [4.78, 5) is 16.0. The number of fused-ring (bicyclic) bond motifs is 1. The molecule has 0 atom stereocenters. The molecule has 9 heteroatoms. The number of carbonyl (C=O) groups excluding carboxylic acids is 1. The molecule has 3 rings (SSSR count). The molecule has 0 spiro atoms. The number of nitrogens with zero attached hydrogens (tertiary/aromatic N) is 1. The second-order valence-corrected chi connectivity index (χ2v) is 6.02. The molecule has 0 bridgehead atoms. The summed E-state index contributed by atoms with van der Waals surface area (Å²) in [6.07, 6.45) is 1.34. The maximum absolute atomic E-state index is 12.1. The number of rotatable bonds is 3. The van der Waals surface area contributed by atoms with E-state index in [9.17, 15) is 13.2 Å². The number of pyridine rings is 1. The summed E-state index contributed by atoms with van der Waals surface area (Å²) in [7, 11) is -3.83. The van der Waals surface area contributed by atoms with E-state index in [2.05, 4.69) is 10.3 Å². The van der Waals surface area contributed by atoms with Gasteiger partial charge in [0.15, 0.2) is 5.75 Å². The normalized spacial score (nSPS) is 13.0. The van der Waals surface area contributed by atoms with Crippen molar-refractivity contribution in [3.63, 3.8) is 0 Å². The summed E-state index contributed by atoms with van der Waals surface area (Å²) in [5.74, 6) is 0.246. The molecule has 22 heavy (non-hydrogen) atoms. The number of carbonyl (C=O) groups is 1. The van der Waals surface area contributed by atoms with Gasteiger partial charge in [-0.05, 0) is 18.2 Å². The Bertz CT molecular complexity index is 851. The third-order valence-corrected chi connectivity index (χ3v) is 3.82. The fourth-order valence-corrected chi connectivity index (χ4v) is 2.43. The minimum absolute atomic E-state index is 0.0593. The first-order chi connectivity index (χ1) is 10.4. The minimum atomic E-state index is -3.83. The van der Waals surface area contributed by atoms with Gasteiger partial charge in [-0.1, -0.05) is 6.07 Å². The lowest BCUT2D eigenvalue weighted by Crippen LogP contribution is -2.15. The average molecular weight is 321 g/mol. The molecule has 0 fully saturated rings. The highest BCUT2D eigenvalue weighted by molar-refractivity contribution is 7.89. The van der Waals surface area contributed by atoms with E-state index in [-0.39, 0.29) is 17.3 Å². The van der Waals surface area contributed by atoms with E-state index in [1.54, 1.807) is 6.07 Å². The topological polar surface area (TPSA) is 121 Å². The number of hydrogen-bond acceptors (Lipinski definition) is 6. The van der Waals surface area contributed by atoms with E-state index in [0.717, 1.165) is 0 Å². The summed E-state index contributed by atoms with van der Waals surface area (Å²) in [6.45, 7) is 0.0593. The van der Waals surface area contributed by atoms with Gasteiger partial charge >= 0.3 is 0 Å². The van der Waals surface area contributed by atoms with Crippen molar-refractivity contribution < 1.29 is 22.7 Å². The summed E-state index contributed by atoms with van der Waals surface area (Å²) in [5.41, 5.74) is 0.555. The molecule has 114 valence electrons. The predicted octanol–water partition coefficient (Wildman–Crippen LogP) is 0.710. The van der Waals surface area contributed by atoms with Crippen LogP contribution in [0.15, 0.2) is 41.4 Å². The number of amides is 1. The summed E-state index contributed by atoms with van der Waals surface area (Å²) in [5, 5.41) is 7.61. The van der Waals surface area contributed by atoms with Crippen molar-refractivity contribution >= 4 is 21.6 Å². The fourth-order valence-electron chi connectivity index (χ4n) is 1.87. The zero-order valence-corrected chi connectivity index (χ0v) is 12.0. The number of sulfonamides is 1. The second-order valence-electron chi connectivity index (χ2n) is 4.46. The number of nitrogens with one attached hydrogen (secondary N) is 1. The number of ether oxygens (including phenoxy) is 2. The van der Waals surface area contributed by atoms with E-state index in [1.165, 1.54) is 30.5 Å². The molecular formula is C13H11N3O5S. The first-order valence-corrected chi connectivity index (χ1v) is 7.68. The summed E-state index contributed by atoms with van der Waals surface area (Å²) < 4.78 is 32.8. The van der Waals surface area contributed by atoms with Crippen molar-refractivity contribution in [2.24, 2.45) is 5.14 Å². The monoisotopic (exact) mass is 321 g/mol. The van der Waals surface area contributed by atoms with Crippen LogP contribution in [0.5, 0.6) is 11.6 Å². The van der Waals surface area contributed by atoms with Crippen LogP contribution in [-0.2, 0) is 10.0 Å². The highest BCUT2D eigenvalue weighted by Crippen LogP contribution is 2.30. The molecule has 1 aromatic heterocycles. The molecule has 2 aromatic rings. The molecule has 1 amide bonds. The van der Waals surface area contributed by atoms with Crippen LogP contribution >= 0.6 is 0 Å². The largest absolute Gasteiger partial charge is 0.452 e. The number of benzene rings is 1. The van der Waals surface area contributed by atoms with Crippen molar-refractivity contribution in [1.29, 1.82) is 0 Å². The van der Waals surface area contributed by atoms with Crippen LogP contribution in [0.4, 0.5) is 5.69 Å². The number of primary sulfonamides is 1. The number of hydrogen-bond donors (Lipinski definition) is 2.